The predicted molar refractivity (Wildman–Crippen MR) is 102 cm³/mol. The monoisotopic (exact) mass is 377 g/mol. The molecular weight excluding hydrogens is 354 g/mol. The van der Waals surface area contributed by atoms with Crippen LogP contribution in [0.15, 0.2) is 40.9 Å². The van der Waals surface area contributed by atoms with Crippen LogP contribution in [0.4, 0.5) is 0 Å². The second-order valence-corrected chi connectivity index (χ2v) is 7.75. The standard InChI is InChI=1S/C21H23N5O2/c1-14-22-20(28-24-14)16-6-5-11-25(13-16)21(27)19-12-18(15-9-10-15)23-26(19)17-7-3-2-4-8-17/h2-4,7-8,12,15-16H,5-6,9-11,13H2,1H3/t16-/m0/s1. The van der Waals surface area contributed by atoms with E-state index in [1.165, 1.54) is 0 Å². The summed E-state index contributed by atoms with van der Waals surface area (Å²) in [6.07, 6.45) is 4.19. The minimum atomic E-state index is 0.0178. The van der Waals surface area contributed by atoms with Crippen molar-refractivity contribution in [2.24, 2.45) is 0 Å². The molecule has 1 saturated carbocycles. The van der Waals surface area contributed by atoms with E-state index >= 15 is 0 Å². The topological polar surface area (TPSA) is 77.0 Å². The Hall–Kier alpha value is -2.96. The average Bonchev–Trinajstić information content (AvgIpc) is 3.34. The number of hydrogen-bond donors (Lipinski definition) is 0. The first-order chi connectivity index (χ1) is 13.7. The maximum Gasteiger partial charge on any atom is 0.272 e. The van der Waals surface area contributed by atoms with Gasteiger partial charge in [0.05, 0.1) is 17.3 Å². The molecule has 2 fully saturated rings. The predicted octanol–water partition coefficient (Wildman–Crippen LogP) is 3.46. The van der Waals surface area contributed by atoms with Crippen LogP contribution in [-0.2, 0) is 0 Å². The van der Waals surface area contributed by atoms with Crippen molar-refractivity contribution in [2.75, 3.05) is 13.1 Å². The van der Waals surface area contributed by atoms with Gasteiger partial charge in [-0.25, -0.2) is 4.68 Å². The third-order valence-corrected chi connectivity index (χ3v) is 5.54. The van der Waals surface area contributed by atoms with Crippen LogP contribution in [0, 0.1) is 6.92 Å². The van der Waals surface area contributed by atoms with Crippen molar-refractivity contribution in [1.29, 1.82) is 0 Å². The van der Waals surface area contributed by atoms with Crippen LogP contribution in [-0.4, -0.2) is 43.8 Å². The number of rotatable bonds is 4. The Labute approximate surface area is 163 Å². The van der Waals surface area contributed by atoms with Gasteiger partial charge in [0.1, 0.15) is 5.69 Å². The van der Waals surface area contributed by atoms with E-state index < -0.39 is 0 Å². The second-order valence-electron chi connectivity index (χ2n) is 7.75. The lowest BCUT2D eigenvalue weighted by Crippen LogP contribution is -2.40. The molecule has 5 rings (SSSR count). The van der Waals surface area contributed by atoms with Crippen molar-refractivity contribution < 1.29 is 9.32 Å². The Balaban J connectivity index is 1.44. The molecule has 7 heteroatoms. The number of carbonyl (C=O) groups is 1. The normalized spacial score (nSPS) is 19.8. The maximum absolute atomic E-state index is 13.4. The van der Waals surface area contributed by atoms with Crippen molar-refractivity contribution >= 4 is 5.91 Å². The van der Waals surface area contributed by atoms with Gasteiger partial charge in [-0.3, -0.25) is 4.79 Å². The van der Waals surface area contributed by atoms with Crippen LogP contribution in [0.25, 0.3) is 5.69 Å². The van der Waals surface area contributed by atoms with Gasteiger partial charge in [-0.1, -0.05) is 23.4 Å². The number of likely N-dealkylation sites (tertiary alicyclic amines) is 1. The molecule has 2 aromatic heterocycles. The summed E-state index contributed by atoms with van der Waals surface area (Å²) in [4.78, 5) is 19.7. The first-order valence-corrected chi connectivity index (χ1v) is 9.94. The Morgan fingerprint density at radius 3 is 2.68 bits per heavy atom. The SMILES string of the molecule is Cc1noc([C@H]2CCCN(C(=O)c3cc(C4CC4)nn3-c3ccccc3)C2)n1. The Morgan fingerprint density at radius 1 is 1.14 bits per heavy atom. The number of para-hydroxylation sites is 1. The fourth-order valence-corrected chi connectivity index (χ4v) is 3.90. The van der Waals surface area contributed by atoms with Crippen molar-refractivity contribution in [3.05, 3.63) is 59.5 Å². The number of nitrogens with zero attached hydrogens (tertiary/aromatic N) is 5. The highest BCUT2D eigenvalue weighted by molar-refractivity contribution is 5.93. The van der Waals surface area contributed by atoms with Gasteiger partial charge in [0.25, 0.3) is 5.91 Å². The van der Waals surface area contributed by atoms with Gasteiger partial charge in [0.2, 0.25) is 5.89 Å². The maximum atomic E-state index is 13.4. The van der Waals surface area contributed by atoms with Crippen molar-refractivity contribution in [2.45, 2.75) is 44.4 Å². The lowest BCUT2D eigenvalue weighted by molar-refractivity contribution is 0.0686. The lowest BCUT2D eigenvalue weighted by Gasteiger charge is -2.31. The zero-order valence-electron chi connectivity index (χ0n) is 15.9. The molecular formula is C21H23N5O2. The zero-order chi connectivity index (χ0) is 19.1. The van der Waals surface area contributed by atoms with E-state index in [1.807, 2.05) is 48.2 Å². The first-order valence-electron chi connectivity index (χ1n) is 9.94. The molecule has 3 heterocycles. The fraction of sp³-hybridized carbons (Fsp3) is 0.429. The van der Waals surface area contributed by atoms with Crippen LogP contribution in [0.3, 0.4) is 0 Å². The molecule has 1 saturated heterocycles. The minimum Gasteiger partial charge on any atom is -0.339 e. The lowest BCUT2D eigenvalue weighted by atomic mass is 9.97. The Morgan fingerprint density at radius 2 is 1.96 bits per heavy atom. The van der Waals surface area contributed by atoms with E-state index in [4.69, 9.17) is 9.62 Å². The number of carbonyl (C=O) groups excluding carboxylic acids is 1. The fourth-order valence-electron chi connectivity index (χ4n) is 3.90. The molecule has 144 valence electrons. The van der Waals surface area contributed by atoms with E-state index in [9.17, 15) is 4.79 Å². The summed E-state index contributed by atoms with van der Waals surface area (Å²) >= 11 is 0. The smallest absolute Gasteiger partial charge is 0.272 e. The van der Waals surface area contributed by atoms with Crippen LogP contribution < -0.4 is 0 Å². The molecule has 0 unspecified atom stereocenters. The highest BCUT2D eigenvalue weighted by Crippen LogP contribution is 2.40. The van der Waals surface area contributed by atoms with E-state index in [0.717, 1.165) is 43.6 Å². The number of amides is 1. The highest BCUT2D eigenvalue weighted by Gasteiger charge is 2.33. The van der Waals surface area contributed by atoms with E-state index in [2.05, 4.69) is 10.1 Å². The highest BCUT2D eigenvalue weighted by atomic mass is 16.5. The molecule has 0 N–H and O–H groups in total. The Bertz CT molecular complexity index is 989. The Kier molecular flexibility index (Phi) is 4.22. The summed E-state index contributed by atoms with van der Waals surface area (Å²) in [5, 5.41) is 8.67. The summed E-state index contributed by atoms with van der Waals surface area (Å²) in [6, 6.07) is 11.9. The second kappa shape index (κ2) is 6.89. The molecule has 1 aliphatic heterocycles. The quantitative estimate of drug-likeness (QED) is 0.696. The number of benzene rings is 1. The van der Waals surface area contributed by atoms with Crippen molar-refractivity contribution in [3.63, 3.8) is 0 Å². The van der Waals surface area contributed by atoms with Crippen LogP contribution in [0.1, 0.15) is 65.4 Å². The molecule has 1 atom stereocenters. The summed E-state index contributed by atoms with van der Waals surface area (Å²) in [5.41, 5.74) is 2.57. The average molecular weight is 377 g/mol. The van der Waals surface area contributed by atoms with Gasteiger partial charge in [-0.15, -0.1) is 0 Å². The first kappa shape index (κ1) is 17.2. The van der Waals surface area contributed by atoms with Crippen molar-refractivity contribution in [1.82, 2.24) is 24.8 Å². The molecule has 1 amide bonds. The third kappa shape index (κ3) is 3.21. The van der Waals surface area contributed by atoms with Crippen LogP contribution in [0.5, 0.6) is 0 Å². The summed E-state index contributed by atoms with van der Waals surface area (Å²) in [5.74, 6) is 1.87. The van der Waals surface area contributed by atoms with Gasteiger partial charge in [0.15, 0.2) is 5.82 Å². The van der Waals surface area contributed by atoms with Gasteiger partial charge < -0.3 is 9.42 Å². The number of hydrogen-bond acceptors (Lipinski definition) is 5. The zero-order valence-corrected chi connectivity index (χ0v) is 15.9. The molecule has 0 radical (unpaired) electrons. The summed E-state index contributed by atoms with van der Waals surface area (Å²) in [7, 11) is 0. The largest absolute Gasteiger partial charge is 0.339 e. The van der Waals surface area contributed by atoms with Gasteiger partial charge >= 0.3 is 0 Å². The molecule has 0 bridgehead atoms. The molecule has 3 aromatic rings. The van der Waals surface area contributed by atoms with Crippen LogP contribution in [0.2, 0.25) is 0 Å². The molecule has 0 spiro atoms. The molecule has 28 heavy (non-hydrogen) atoms. The number of piperidine rings is 1. The number of aromatic nitrogens is 4. The van der Waals surface area contributed by atoms with E-state index in [0.29, 0.717) is 29.9 Å². The minimum absolute atomic E-state index is 0.0178. The molecule has 2 aliphatic rings. The van der Waals surface area contributed by atoms with Crippen molar-refractivity contribution in [3.8, 4) is 5.69 Å². The summed E-state index contributed by atoms with van der Waals surface area (Å²) < 4.78 is 7.16. The summed E-state index contributed by atoms with van der Waals surface area (Å²) in [6.45, 7) is 3.15. The third-order valence-electron chi connectivity index (χ3n) is 5.54. The van der Waals surface area contributed by atoms with Crippen LogP contribution >= 0.6 is 0 Å². The van der Waals surface area contributed by atoms with Gasteiger partial charge in [0, 0.05) is 19.0 Å². The molecule has 1 aliphatic carbocycles. The van der Waals surface area contributed by atoms with Gasteiger partial charge in [-0.05, 0) is 50.8 Å². The molecule has 1 aromatic carbocycles. The van der Waals surface area contributed by atoms with E-state index in [-0.39, 0.29) is 11.8 Å². The molecule has 7 nitrogen and oxygen atoms in total. The van der Waals surface area contributed by atoms with E-state index in [1.54, 1.807) is 4.68 Å². The van der Waals surface area contributed by atoms with Gasteiger partial charge in [-0.2, -0.15) is 10.1 Å². The number of aryl methyl sites for hydroxylation is 1.